The van der Waals surface area contributed by atoms with Crippen molar-refractivity contribution in [3.63, 3.8) is 0 Å². The van der Waals surface area contributed by atoms with Gasteiger partial charge in [0.2, 0.25) is 0 Å². The van der Waals surface area contributed by atoms with Gasteiger partial charge < -0.3 is 4.74 Å². The molecule has 0 aliphatic carbocycles. The first-order valence-electron chi connectivity index (χ1n) is 4.71. The molecule has 0 aromatic heterocycles. The average Bonchev–Trinajstić information content (AvgIpc) is 2.24. The van der Waals surface area contributed by atoms with Crippen molar-refractivity contribution in [1.29, 1.82) is 5.26 Å². The topological polar surface area (TPSA) is 33.0 Å². The smallest absolute Gasteiger partial charge is 0.416 e. The molecule has 0 spiro atoms. The van der Waals surface area contributed by atoms with E-state index in [-0.39, 0.29) is 0 Å². The highest BCUT2D eigenvalue weighted by atomic mass is 19.4. The summed E-state index contributed by atoms with van der Waals surface area (Å²) in [4.78, 5) is 0. The van der Waals surface area contributed by atoms with Gasteiger partial charge in [0.15, 0.2) is 0 Å². The van der Waals surface area contributed by atoms with E-state index in [2.05, 4.69) is 0 Å². The van der Waals surface area contributed by atoms with E-state index in [0.29, 0.717) is 25.2 Å². The molecule has 2 nitrogen and oxygen atoms in total. The van der Waals surface area contributed by atoms with Gasteiger partial charge >= 0.3 is 6.18 Å². The quantitative estimate of drug-likeness (QED) is 0.741. The van der Waals surface area contributed by atoms with E-state index in [1.54, 1.807) is 0 Å². The third-order valence-corrected chi connectivity index (χ3v) is 1.88. The fourth-order valence-electron chi connectivity index (χ4n) is 1.08. The summed E-state index contributed by atoms with van der Waals surface area (Å²) >= 11 is 0. The largest absolute Gasteiger partial charge is 0.494 e. The monoisotopic (exact) mass is 229 g/mol. The molecule has 0 radical (unpaired) electrons. The number of hydrogen-bond donors (Lipinski definition) is 0. The number of halogens is 3. The summed E-state index contributed by atoms with van der Waals surface area (Å²) in [6, 6.07) is 6.44. The van der Waals surface area contributed by atoms with Crippen LogP contribution >= 0.6 is 0 Å². The molecule has 86 valence electrons. The zero-order valence-electron chi connectivity index (χ0n) is 8.42. The first kappa shape index (κ1) is 12.4. The fourth-order valence-corrected chi connectivity index (χ4v) is 1.08. The maximum absolute atomic E-state index is 12.2. The molecule has 0 heterocycles. The molecular weight excluding hydrogens is 219 g/mol. The average molecular weight is 229 g/mol. The molecule has 0 atom stereocenters. The molecule has 0 saturated carbocycles. The van der Waals surface area contributed by atoms with Gasteiger partial charge in [0.1, 0.15) is 5.75 Å². The standard InChI is InChI=1S/C11H10F3NO/c12-11(13,14)9-3-5-10(6-4-9)16-8-2-1-7-15/h3-6H,1-2,8H2. The lowest BCUT2D eigenvalue weighted by Gasteiger charge is -2.08. The van der Waals surface area contributed by atoms with Gasteiger partial charge in [-0.15, -0.1) is 0 Å². The highest BCUT2D eigenvalue weighted by molar-refractivity contribution is 5.28. The Labute approximate surface area is 91.3 Å². The van der Waals surface area contributed by atoms with Crippen molar-refractivity contribution in [1.82, 2.24) is 0 Å². The molecule has 1 aromatic rings. The summed E-state index contributed by atoms with van der Waals surface area (Å²) in [5.74, 6) is 0.380. The third-order valence-electron chi connectivity index (χ3n) is 1.88. The number of benzene rings is 1. The van der Waals surface area contributed by atoms with Crippen molar-refractivity contribution in [3.05, 3.63) is 29.8 Å². The Morgan fingerprint density at radius 2 is 1.81 bits per heavy atom. The van der Waals surface area contributed by atoms with Crippen LogP contribution in [-0.2, 0) is 6.18 Å². The second kappa shape index (κ2) is 5.40. The zero-order chi connectivity index (χ0) is 12.0. The number of nitriles is 1. The van der Waals surface area contributed by atoms with Crippen LogP contribution in [0, 0.1) is 11.3 Å². The summed E-state index contributed by atoms with van der Waals surface area (Å²) in [5, 5.41) is 8.26. The van der Waals surface area contributed by atoms with Crippen LogP contribution in [-0.4, -0.2) is 6.61 Å². The maximum Gasteiger partial charge on any atom is 0.416 e. The Hall–Kier alpha value is -1.70. The summed E-state index contributed by atoms with van der Waals surface area (Å²) in [6.07, 6.45) is -3.38. The van der Waals surface area contributed by atoms with Crippen molar-refractivity contribution in [2.45, 2.75) is 19.0 Å². The summed E-state index contributed by atoms with van der Waals surface area (Å²) in [5.41, 5.74) is -0.697. The number of rotatable bonds is 4. The predicted molar refractivity (Wildman–Crippen MR) is 51.8 cm³/mol. The van der Waals surface area contributed by atoms with Crippen molar-refractivity contribution >= 4 is 0 Å². The van der Waals surface area contributed by atoms with Crippen LogP contribution in [0.1, 0.15) is 18.4 Å². The second-order valence-electron chi connectivity index (χ2n) is 3.13. The minimum Gasteiger partial charge on any atom is -0.494 e. The van der Waals surface area contributed by atoms with Crippen molar-refractivity contribution in [2.24, 2.45) is 0 Å². The van der Waals surface area contributed by atoms with E-state index in [9.17, 15) is 13.2 Å². The number of hydrogen-bond acceptors (Lipinski definition) is 2. The van der Waals surface area contributed by atoms with Crippen LogP contribution < -0.4 is 4.74 Å². The number of alkyl halides is 3. The van der Waals surface area contributed by atoms with E-state index in [1.165, 1.54) is 12.1 Å². The Morgan fingerprint density at radius 1 is 1.19 bits per heavy atom. The predicted octanol–water partition coefficient (Wildman–Crippen LogP) is 3.39. The van der Waals surface area contributed by atoms with Gasteiger partial charge in [0.25, 0.3) is 0 Å². The first-order chi connectivity index (χ1) is 7.54. The van der Waals surface area contributed by atoms with Gasteiger partial charge in [0, 0.05) is 6.42 Å². The van der Waals surface area contributed by atoms with Gasteiger partial charge in [-0.2, -0.15) is 18.4 Å². The second-order valence-corrected chi connectivity index (χ2v) is 3.13. The first-order valence-corrected chi connectivity index (χ1v) is 4.71. The molecular formula is C11H10F3NO. The summed E-state index contributed by atoms with van der Waals surface area (Å²) in [7, 11) is 0. The number of unbranched alkanes of at least 4 members (excludes halogenated alkanes) is 1. The summed E-state index contributed by atoms with van der Waals surface area (Å²) in [6.45, 7) is 0.332. The minimum atomic E-state index is -4.32. The molecule has 0 fully saturated rings. The molecule has 1 rings (SSSR count). The SMILES string of the molecule is N#CCCCOc1ccc(C(F)(F)F)cc1. The van der Waals surface area contributed by atoms with Crippen molar-refractivity contribution in [3.8, 4) is 11.8 Å². The van der Waals surface area contributed by atoms with Gasteiger partial charge in [0.05, 0.1) is 18.2 Å². The Morgan fingerprint density at radius 3 is 2.31 bits per heavy atom. The van der Waals surface area contributed by atoms with Crippen LogP contribution in [0.3, 0.4) is 0 Å². The molecule has 0 unspecified atom stereocenters. The lowest BCUT2D eigenvalue weighted by atomic mass is 10.2. The van der Waals surface area contributed by atoms with E-state index in [1.807, 2.05) is 6.07 Å². The molecule has 0 aliphatic heterocycles. The van der Waals surface area contributed by atoms with Gasteiger partial charge in [-0.05, 0) is 30.7 Å². The van der Waals surface area contributed by atoms with E-state index in [4.69, 9.17) is 10.00 Å². The van der Waals surface area contributed by atoms with Crippen LogP contribution in [0.4, 0.5) is 13.2 Å². The molecule has 1 aromatic carbocycles. The molecule has 0 bridgehead atoms. The van der Waals surface area contributed by atoms with E-state index in [0.717, 1.165) is 12.1 Å². The van der Waals surface area contributed by atoms with E-state index < -0.39 is 11.7 Å². The van der Waals surface area contributed by atoms with Crippen LogP contribution in [0.2, 0.25) is 0 Å². The highest BCUT2D eigenvalue weighted by Gasteiger charge is 2.29. The number of nitrogens with zero attached hydrogens (tertiary/aromatic N) is 1. The Balaban J connectivity index is 2.49. The molecule has 16 heavy (non-hydrogen) atoms. The highest BCUT2D eigenvalue weighted by Crippen LogP contribution is 2.30. The van der Waals surface area contributed by atoms with E-state index >= 15 is 0 Å². The van der Waals surface area contributed by atoms with Crippen molar-refractivity contribution in [2.75, 3.05) is 6.61 Å². The van der Waals surface area contributed by atoms with Gasteiger partial charge in [-0.25, -0.2) is 0 Å². The molecule has 0 saturated heterocycles. The lowest BCUT2D eigenvalue weighted by molar-refractivity contribution is -0.137. The fraction of sp³-hybridized carbons (Fsp3) is 0.364. The summed E-state index contributed by atoms with van der Waals surface area (Å²) < 4.78 is 41.7. The van der Waals surface area contributed by atoms with Crippen LogP contribution in [0.25, 0.3) is 0 Å². The third kappa shape index (κ3) is 3.81. The van der Waals surface area contributed by atoms with Crippen LogP contribution in [0.15, 0.2) is 24.3 Å². The van der Waals surface area contributed by atoms with Gasteiger partial charge in [-0.3, -0.25) is 0 Å². The molecule has 0 N–H and O–H groups in total. The maximum atomic E-state index is 12.2. The minimum absolute atomic E-state index is 0.332. The Bertz CT molecular complexity index is 364. The molecule has 5 heteroatoms. The van der Waals surface area contributed by atoms with Crippen LogP contribution in [0.5, 0.6) is 5.75 Å². The van der Waals surface area contributed by atoms with Crippen molar-refractivity contribution < 1.29 is 17.9 Å². The normalized spacial score (nSPS) is 10.9. The lowest BCUT2D eigenvalue weighted by Crippen LogP contribution is -2.04. The number of ether oxygens (including phenoxy) is 1. The molecule has 0 aliphatic rings. The molecule has 0 amide bonds. The van der Waals surface area contributed by atoms with Gasteiger partial charge in [-0.1, -0.05) is 0 Å². The zero-order valence-corrected chi connectivity index (χ0v) is 8.42. The Kier molecular flexibility index (Phi) is 4.18.